The summed E-state index contributed by atoms with van der Waals surface area (Å²) in [6.45, 7) is 1.79. The molecule has 0 aliphatic heterocycles. The topological polar surface area (TPSA) is 76.9 Å². The molecule has 2 rings (SSSR count). The number of pyridine rings is 1. The fourth-order valence-electron chi connectivity index (χ4n) is 1.44. The van der Waals surface area contributed by atoms with Crippen LogP contribution in [-0.4, -0.2) is 20.4 Å². The Kier molecular flexibility index (Phi) is 3.75. The van der Waals surface area contributed by atoms with Gasteiger partial charge in [0.05, 0.1) is 22.1 Å². The number of rotatable bonds is 2. The van der Waals surface area contributed by atoms with Crippen molar-refractivity contribution in [3.05, 3.63) is 50.9 Å². The number of halogens is 1. The summed E-state index contributed by atoms with van der Waals surface area (Å²) in [5.41, 5.74) is 1.28. The summed E-state index contributed by atoms with van der Waals surface area (Å²) in [5, 5.41) is 2.66. The zero-order valence-corrected chi connectivity index (χ0v) is 11.9. The Balaban J connectivity index is 2.24. The second kappa shape index (κ2) is 5.31. The molecule has 0 fully saturated rings. The average Bonchev–Trinajstić information content (AvgIpc) is 2.36. The van der Waals surface area contributed by atoms with E-state index in [0.29, 0.717) is 10.2 Å². The number of carbonyl (C=O) groups excluding carboxylic acids is 1. The largest absolute Gasteiger partial charge is 0.319 e. The molecule has 7 heteroatoms. The minimum absolute atomic E-state index is 0.173. The number of aromatic nitrogens is 3. The summed E-state index contributed by atoms with van der Waals surface area (Å²) < 4.78 is 1.75. The molecule has 0 spiro atoms. The number of hydrogen-bond acceptors (Lipinski definition) is 4. The van der Waals surface area contributed by atoms with Gasteiger partial charge in [-0.3, -0.25) is 14.6 Å². The predicted octanol–water partition coefficient (Wildman–Crippen LogP) is 1.50. The highest BCUT2D eigenvalue weighted by Crippen LogP contribution is 2.12. The SMILES string of the molecule is Cc1cnc(C(=O)Nc2cc(Br)c(=O)n(C)c2)cn1. The Morgan fingerprint density at radius 3 is 2.68 bits per heavy atom. The number of aryl methyl sites for hydroxylation is 2. The van der Waals surface area contributed by atoms with Crippen LogP contribution < -0.4 is 10.9 Å². The van der Waals surface area contributed by atoms with Crippen LogP contribution in [0.4, 0.5) is 5.69 Å². The lowest BCUT2D eigenvalue weighted by Crippen LogP contribution is -2.20. The molecule has 2 aromatic heterocycles. The highest BCUT2D eigenvalue weighted by Gasteiger charge is 2.09. The van der Waals surface area contributed by atoms with E-state index in [-0.39, 0.29) is 17.2 Å². The van der Waals surface area contributed by atoms with E-state index < -0.39 is 0 Å². The van der Waals surface area contributed by atoms with Crippen molar-refractivity contribution < 1.29 is 4.79 Å². The molecule has 98 valence electrons. The summed E-state index contributed by atoms with van der Waals surface area (Å²) in [6, 6.07) is 1.54. The van der Waals surface area contributed by atoms with Crippen molar-refractivity contribution in [2.75, 3.05) is 5.32 Å². The number of nitrogens with zero attached hydrogens (tertiary/aromatic N) is 3. The molecular weight excluding hydrogens is 312 g/mol. The van der Waals surface area contributed by atoms with Crippen molar-refractivity contribution in [3.63, 3.8) is 0 Å². The molecule has 0 atom stereocenters. The van der Waals surface area contributed by atoms with Crippen LogP contribution in [-0.2, 0) is 7.05 Å². The van der Waals surface area contributed by atoms with Gasteiger partial charge in [0, 0.05) is 19.4 Å². The molecule has 0 aliphatic rings. The van der Waals surface area contributed by atoms with Crippen molar-refractivity contribution in [1.29, 1.82) is 0 Å². The van der Waals surface area contributed by atoms with E-state index in [2.05, 4.69) is 31.2 Å². The number of nitrogens with one attached hydrogen (secondary N) is 1. The standard InChI is InChI=1S/C12H11BrN4O2/c1-7-4-15-10(5-14-7)11(18)16-8-3-9(13)12(19)17(2)6-8/h3-6H,1-2H3,(H,16,18). The molecule has 2 aromatic rings. The molecule has 0 bridgehead atoms. The maximum absolute atomic E-state index is 11.9. The molecule has 1 amide bonds. The Hall–Kier alpha value is -2.02. The van der Waals surface area contributed by atoms with Gasteiger partial charge in [-0.1, -0.05) is 0 Å². The quantitative estimate of drug-likeness (QED) is 0.909. The lowest BCUT2D eigenvalue weighted by Gasteiger charge is -2.07. The highest BCUT2D eigenvalue weighted by molar-refractivity contribution is 9.10. The molecule has 0 aliphatic carbocycles. The maximum atomic E-state index is 11.9. The predicted molar refractivity (Wildman–Crippen MR) is 74.1 cm³/mol. The average molecular weight is 323 g/mol. The van der Waals surface area contributed by atoms with Crippen LogP contribution in [0, 0.1) is 6.92 Å². The Labute approximate surface area is 117 Å². The van der Waals surface area contributed by atoms with Crippen LogP contribution in [0.5, 0.6) is 0 Å². The Morgan fingerprint density at radius 2 is 2.11 bits per heavy atom. The third-order valence-electron chi connectivity index (χ3n) is 2.41. The normalized spacial score (nSPS) is 10.3. The fourth-order valence-corrected chi connectivity index (χ4v) is 1.97. The van der Waals surface area contributed by atoms with Gasteiger partial charge < -0.3 is 9.88 Å². The summed E-state index contributed by atoms with van der Waals surface area (Å²) in [6.07, 6.45) is 4.46. The monoisotopic (exact) mass is 322 g/mol. The van der Waals surface area contributed by atoms with E-state index in [1.54, 1.807) is 20.0 Å². The first-order chi connectivity index (χ1) is 8.97. The van der Waals surface area contributed by atoms with Crippen molar-refractivity contribution in [2.45, 2.75) is 6.92 Å². The van der Waals surface area contributed by atoms with Gasteiger partial charge >= 0.3 is 0 Å². The minimum atomic E-state index is -0.377. The third-order valence-corrected chi connectivity index (χ3v) is 2.98. The van der Waals surface area contributed by atoms with E-state index in [0.717, 1.165) is 5.69 Å². The second-order valence-electron chi connectivity index (χ2n) is 3.99. The first-order valence-corrected chi connectivity index (χ1v) is 6.23. The van der Waals surface area contributed by atoms with Gasteiger partial charge in [-0.15, -0.1) is 0 Å². The summed E-state index contributed by atoms with van der Waals surface area (Å²) in [5.74, 6) is -0.377. The highest BCUT2D eigenvalue weighted by atomic mass is 79.9. The number of hydrogen-bond donors (Lipinski definition) is 1. The van der Waals surface area contributed by atoms with Gasteiger partial charge in [-0.2, -0.15) is 0 Å². The van der Waals surface area contributed by atoms with E-state index in [1.165, 1.54) is 23.2 Å². The van der Waals surface area contributed by atoms with E-state index in [9.17, 15) is 9.59 Å². The summed E-state index contributed by atoms with van der Waals surface area (Å²) in [4.78, 5) is 31.4. The van der Waals surface area contributed by atoms with Crippen molar-refractivity contribution >= 4 is 27.5 Å². The minimum Gasteiger partial charge on any atom is -0.319 e. The second-order valence-corrected chi connectivity index (χ2v) is 4.84. The van der Waals surface area contributed by atoms with Crippen molar-refractivity contribution in [2.24, 2.45) is 7.05 Å². The lowest BCUT2D eigenvalue weighted by molar-refractivity contribution is 0.102. The van der Waals surface area contributed by atoms with E-state index >= 15 is 0 Å². The molecule has 0 saturated heterocycles. The van der Waals surface area contributed by atoms with Crippen molar-refractivity contribution in [3.8, 4) is 0 Å². The maximum Gasteiger partial charge on any atom is 0.275 e. The van der Waals surface area contributed by atoms with Gasteiger partial charge in [-0.05, 0) is 28.9 Å². The van der Waals surface area contributed by atoms with Crippen LogP contribution in [0.2, 0.25) is 0 Å². The van der Waals surface area contributed by atoms with Crippen molar-refractivity contribution in [1.82, 2.24) is 14.5 Å². The molecule has 6 nitrogen and oxygen atoms in total. The van der Waals surface area contributed by atoms with Crippen LogP contribution in [0.15, 0.2) is 33.9 Å². The molecule has 1 N–H and O–H groups in total. The fraction of sp³-hybridized carbons (Fsp3) is 0.167. The molecule has 0 saturated carbocycles. The number of carbonyl (C=O) groups is 1. The first-order valence-electron chi connectivity index (χ1n) is 5.43. The van der Waals surface area contributed by atoms with Gasteiger partial charge in [0.15, 0.2) is 0 Å². The summed E-state index contributed by atoms with van der Waals surface area (Å²) >= 11 is 3.14. The molecule has 0 unspecified atom stereocenters. The van der Waals surface area contributed by atoms with Crippen LogP contribution in [0.25, 0.3) is 0 Å². The Bertz CT molecular complexity index is 653. The van der Waals surface area contributed by atoms with E-state index in [4.69, 9.17) is 0 Å². The molecule has 0 aromatic carbocycles. The van der Waals surface area contributed by atoms with Crippen LogP contribution in [0.1, 0.15) is 16.2 Å². The molecular formula is C12H11BrN4O2. The van der Waals surface area contributed by atoms with Crippen LogP contribution >= 0.6 is 15.9 Å². The van der Waals surface area contributed by atoms with Gasteiger partial charge in [-0.25, -0.2) is 4.98 Å². The Morgan fingerprint density at radius 1 is 1.37 bits per heavy atom. The molecule has 2 heterocycles. The number of anilines is 1. The lowest BCUT2D eigenvalue weighted by atomic mass is 10.3. The zero-order valence-electron chi connectivity index (χ0n) is 10.3. The van der Waals surface area contributed by atoms with E-state index in [1.807, 2.05) is 0 Å². The molecule has 0 radical (unpaired) electrons. The summed E-state index contributed by atoms with van der Waals surface area (Å²) in [7, 11) is 1.61. The zero-order chi connectivity index (χ0) is 14.0. The smallest absolute Gasteiger partial charge is 0.275 e. The first kappa shape index (κ1) is 13.4. The van der Waals surface area contributed by atoms with Gasteiger partial charge in [0.1, 0.15) is 5.69 Å². The van der Waals surface area contributed by atoms with Gasteiger partial charge in [0.2, 0.25) is 0 Å². The third kappa shape index (κ3) is 3.05. The number of amides is 1. The van der Waals surface area contributed by atoms with Crippen LogP contribution in [0.3, 0.4) is 0 Å². The molecule has 19 heavy (non-hydrogen) atoms. The van der Waals surface area contributed by atoms with Gasteiger partial charge in [0.25, 0.3) is 11.5 Å².